The van der Waals surface area contributed by atoms with Crippen molar-refractivity contribution in [2.75, 3.05) is 13.1 Å². The van der Waals surface area contributed by atoms with Crippen molar-refractivity contribution in [2.24, 2.45) is 5.92 Å². The lowest BCUT2D eigenvalue weighted by Crippen LogP contribution is -2.41. The zero-order chi connectivity index (χ0) is 19.8. The van der Waals surface area contributed by atoms with Gasteiger partial charge in [-0.3, -0.25) is 4.79 Å². The number of nitrogens with zero attached hydrogens (tertiary/aromatic N) is 5. The predicted octanol–water partition coefficient (Wildman–Crippen LogP) is 3.63. The monoisotopic (exact) mass is 387 g/mol. The van der Waals surface area contributed by atoms with Crippen molar-refractivity contribution in [3.63, 3.8) is 0 Å². The molecule has 0 saturated carbocycles. The highest BCUT2D eigenvalue weighted by atomic mass is 16.2. The molecule has 0 atom stereocenters. The summed E-state index contributed by atoms with van der Waals surface area (Å²) in [7, 11) is 0. The fourth-order valence-electron chi connectivity index (χ4n) is 4.43. The molecule has 1 aliphatic heterocycles. The Labute approximate surface area is 169 Å². The standard InChI is InChI=1S/C23H25N5O/c1-17-25-20-7-3-5-9-22(20)28(17)14-18-10-12-26(13-11-18)23(29)15-27-16-24-19-6-2-4-8-21(19)27/h2-9,16,18H,10-15H2,1H3. The van der Waals surface area contributed by atoms with E-state index in [2.05, 4.69) is 39.7 Å². The summed E-state index contributed by atoms with van der Waals surface area (Å²) in [5.74, 6) is 1.82. The largest absolute Gasteiger partial charge is 0.341 e. The summed E-state index contributed by atoms with van der Waals surface area (Å²) in [6.45, 7) is 5.05. The van der Waals surface area contributed by atoms with E-state index >= 15 is 0 Å². The highest BCUT2D eigenvalue weighted by Crippen LogP contribution is 2.24. The molecule has 1 saturated heterocycles. The van der Waals surface area contributed by atoms with Crippen molar-refractivity contribution >= 4 is 28.0 Å². The first-order valence-corrected chi connectivity index (χ1v) is 10.3. The Morgan fingerprint density at radius 2 is 1.69 bits per heavy atom. The van der Waals surface area contributed by atoms with E-state index in [0.29, 0.717) is 12.5 Å². The number of imidazole rings is 2. The highest BCUT2D eigenvalue weighted by Gasteiger charge is 2.24. The number of aryl methyl sites for hydroxylation is 1. The molecule has 0 N–H and O–H groups in total. The van der Waals surface area contributed by atoms with Gasteiger partial charge < -0.3 is 14.0 Å². The molecule has 5 rings (SSSR count). The molecule has 2 aromatic carbocycles. The van der Waals surface area contributed by atoms with Crippen molar-refractivity contribution in [1.82, 2.24) is 24.0 Å². The van der Waals surface area contributed by atoms with E-state index in [1.54, 1.807) is 6.33 Å². The molecule has 0 bridgehead atoms. The van der Waals surface area contributed by atoms with Crippen LogP contribution in [0.4, 0.5) is 0 Å². The Morgan fingerprint density at radius 1 is 1.00 bits per heavy atom. The average Bonchev–Trinajstić information content (AvgIpc) is 3.29. The topological polar surface area (TPSA) is 56.0 Å². The van der Waals surface area contributed by atoms with Crippen LogP contribution in [0.15, 0.2) is 54.9 Å². The molecule has 2 aromatic heterocycles. The minimum atomic E-state index is 0.177. The van der Waals surface area contributed by atoms with Gasteiger partial charge in [0, 0.05) is 19.6 Å². The van der Waals surface area contributed by atoms with Crippen molar-refractivity contribution in [2.45, 2.75) is 32.9 Å². The molecule has 0 aliphatic carbocycles. The molecule has 148 valence electrons. The number of carbonyl (C=O) groups excluding carboxylic acids is 1. The molecule has 3 heterocycles. The number of amides is 1. The number of benzene rings is 2. The van der Waals surface area contributed by atoms with Crippen LogP contribution in [0.1, 0.15) is 18.7 Å². The number of fused-ring (bicyclic) bond motifs is 2. The summed E-state index contributed by atoms with van der Waals surface area (Å²) in [5, 5.41) is 0. The van der Waals surface area contributed by atoms with E-state index in [4.69, 9.17) is 0 Å². The van der Waals surface area contributed by atoms with Gasteiger partial charge in [-0.1, -0.05) is 24.3 Å². The molecule has 6 nitrogen and oxygen atoms in total. The summed E-state index contributed by atoms with van der Waals surface area (Å²) < 4.78 is 4.28. The smallest absolute Gasteiger partial charge is 0.242 e. The Hall–Kier alpha value is -3.15. The quantitative estimate of drug-likeness (QED) is 0.537. The number of carbonyl (C=O) groups is 1. The van der Waals surface area contributed by atoms with Crippen LogP contribution in [-0.2, 0) is 17.9 Å². The summed E-state index contributed by atoms with van der Waals surface area (Å²) >= 11 is 0. The molecule has 4 aromatic rings. The van der Waals surface area contributed by atoms with Gasteiger partial charge in [0.25, 0.3) is 0 Å². The molecule has 1 fully saturated rings. The number of likely N-dealkylation sites (tertiary alicyclic amines) is 1. The van der Waals surface area contributed by atoms with Gasteiger partial charge in [0.15, 0.2) is 0 Å². The van der Waals surface area contributed by atoms with Crippen LogP contribution in [0.3, 0.4) is 0 Å². The minimum Gasteiger partial charge on any atom is -0.341 e. The van der Waals surface area contributed by atoms with Crippen LogP contribution < -0.4 is 0 Å². The third kappa shape index (κ3) is 3.39. The van der Waals surface area contributed by atoms with E-state index in [1.807, 2.05) is 39.8 Å². The zero-order valence-electron chi connectivity index (χ0n) is 16.7. The first-order chi connectivity index (χ1) is 14.2. The maximum Gasteiger partial charge on any atom is 0.242 e. The lowest BCUT2D eigenvalue weighted by Gasteiger charge is -2.32. The van der Waals surface area contributed by atoms with E-state index in [0.717, 1.165) is 54.9 Å². The predicted molar refractivity (Wildman–Crippen MR) is 114 cm³/mol. The van der Waals surface area contributed by atoms with Gasteiger partial charge in [-0.2, -0.15) is 0 Å². The van der Waals surface area contributed by atoms with Crippen LogP contribution in [0.2, 0.25) is 0 Å². The first kappa shape index (κ1) is 17.9. The fourth-order valence-corrected chi connectivity index (χ4v) is 4.43. The Kier molecular flexibility index (Phi) is 4.54. The second-order valence-electron chi connectivity index (χ2n) is 7.94. The second-order valence-corrected chi connectivity index (χ2v) is 7.94. The van der Waals surface area contributed by atoms with Crippen LogP contribution in [0.25, 0.3) is 22.1 Å². The van der Waals surface area contributed by atoms with Crippen molar-refractivity contribution in [3.8, 4) is 0 Å². The van der Waals surface area contributed by atoms with Gasteiger partial charge in [0.2, 0.25) is 5.91 Å². The SMILES string of the molecule is Cc1nc2ccccc2n1CC1CCN(C(=O)Cn2cnc3ccccc32)CC1. The van der Waals surface area contributed by atoms with Gasteiger partial charge in [-0.05, 0) is 49.9 Å². The number of piperidine rings is 1. The van der Waals surface area contributed by atoms with Crippen LogP contribution in [-0.4, -0.2) is 43.0 Å². The van der Waals surface area contributed by atoms with Gasteiger partial charge >= 0.3 is 0 Å². The van der Waals surface area contributed by atoms with Crippen molar-refractivity contribution in [1.29, 1.82) is 0 Å². The van der Waals surface area contributed by atoms with E-state index in [9.17, 15) is 4.79 Å². The summed E-state index contributed by atoms with van der Waals surface area (Å²) in [6, 6.07) is 16.3. The number of hydrogen-bond donors (Lipinski definition) is 0. The molecule has 29 heavy (non-hydrogen) atoms. The van der Waals surface area contributed by atoms with E-state index in [1.165, 1.54) is 5.52 Å². The third-order valence-corrected chi connectivity index (χ3v) is 6.09. The van der Waals surface area contributed by atoms with Gasteiger partial charge in [0.05, 0.1) is 28.4 Å². The number of rotatable bonds is 4. The van der Waals surface area contributed by atoms with Crippen molar-refractivity contribution < 1.29 is 4.79 Å². The molecule has 1 aliphatic rings. The van der Waals surface area contributed by atoms with Crippen molar-refractivity contribution in [3.05, 3.63) is 60.7 Å². The Bertz CT molecular complexity index is 1170. The third-order valence-electron chi connectivity index (χ3n) is 6.09. The first-order valence-electron chi connectivity index (χ1n) is 10.3. The lowest BCUT2D eigenvalue weighted by molar-refractivity contribution is -0.133. The molecule has 0 unspecified atom stereocenters. The Balaban J connectivity index is 1.22. The highest BCUT2D eigenvalue weighted by molar-refractivity contribution is 5.80. The maximum atomic E-state index is 12.8. The van der Waals surface area contributed by atoms with Crippen LogP contribution >= 0.6 is 0 Å². The van der Waals surface area contributed by atoms with E-state index in [-0.39, 0.29) is 5.91 Å². The lowest BCUT2D eigenvalue weighted by atomic mass is 9.96. The van der Waals surface area contributed by atoms with E-state index < -0.39 is 0 Å². The fraction of sp³-hybridized carbons (Fsp3) is 0.348. The molecule has 1 amide bonds. The number of aromatic nitrogens is 4. The van der Waals surface area contributed by atoms with Crippen LogP contribution in [0.5, 0.6) is 0 Å². The molecule has 6 heteroatoms. The maximum absolute atomic E-state index is 12.8. The number of para-hydroxylation sites is 4. The minimum absolute atomic E-state index is 0.177. The summed E-state index contributed by atoms with van der Waals surface area (Å²) in [5.41, 5.74) is 4.21. The second kappa shape index (κ2) is 7.35. The molecule has 0 radical (unpaired) electrons. The Morgan fingerprint density at radius 3 is 2.48 bits per heavy atom. The number of hydrogen-bond acceptors (Lipinski definition) is 3. The summed E-state index contributed by atoms with van der Waals surface area (Å²) in [4.78, 5) is 23.9. The molecule has 0 spiro atoms. The normalized spacial score (nSPS) is 15.4. The van der Waals surface area contributed by atoms with Gasteiger partial charge in [0.1, 0.15) is 12.4 Å². The molecular weight excluding hydrogens is 362 g/mol. The summed E-state index contributed by atoms with van der Waals surface area (Å²) in [6.07, 6.45) is 3.83. The van der Waals surface area contributed by atoms with Gasteiger partial charge in [-0.25, -0.2) is 9.97 Å². The average molecular weight is 387 g/mol. The zero-order valence-corrected chi connectivity index (χ0v) is 16.7. The van der Waals surface area contributed by atoms with Crippen LogP contribution in [0, 0.1) is 12.8 Å². The molecular formula is C23H25N5O. The van der Waals surface area contributed by atoms with Gasteiger partial charge in [-0.15, -0.1) is 0 Å².